The zero-order valence-corrected chi connectivity index (χ0v) is 11.5. The lowest BCUT2D eigenvalue weighted by atomic mass is 10.0. The lowest BCUT2D eigenvalue weighted by molar-refractivity contribution is 0.411. The molecule has 0 saturated heterocycles. The lowest BCUT2D eigenvalue weighted by Gasteiger charge is -2.13. The van der Waals surface area contributed by atoms with Crippen LogP contribution in [0.2, 0.25) is 0 Å². The molecule has 2 heteroatoms. The van der Waals surface area contributed by atoms with Crippen molar-refractivity contribution >= 4 is 6.08 Å². The predicted octanol–water partition coefficient (Wildman–Crippen LogP) is 3.40. The Bertz CT molecular complexity index is 396. The summed E-state index contributed by atoms with van der Waals surface area (Å²) in [5.41, 5.74) is 3.74. The van der Waals surface area contributed by atoms with Crippen molar-refractivity contribution in [1.82, 2.24) is 5.32 Å². The van der Waals surface area contributed by atoms with Gasteiger partial charge in [-0.15, -0.1) is 0 Å². The average Bonchev–Trinajstić information content (AvgIpc) is 2.29. The number of benzene rings is 1. The fourth-order valence-electron chi connectivity index (χ4n) is 1.85. The van der Waals surface area contributed by atoms with Crippen molar-refractivity contribution in [2.75, 3.05) is 13.7 Å². The van der Waals surface area contributed by atoms with Gasteiger partial charge >= 0.3 is 0 Å². The molecule has 0 bridgehead atoms. The topological polar surface area (TPSA) is 21.3 Å². The van der Waals surface area contributed by atoms with Gasteiger partial charge in [0.25, 0.3) is 0 Å². The number of nitrogens with one attached hydrogen (secondary N) is 1. The quantitative estimate of drug-likeness (QED) is 0.841. The van der Waals surface area contributed by atoms with E-state index in [4.69, 9.17) is 4.74 Å². The van der Waals surface area contributed by atoms with Crippen LogP contribution in [0.4, 0.5) is 0 Å². The van der Waals surface area contributed by atoms with Gasteiger partial charge in [0.05, 0.1) is 7.11 Å². The number of methoxy groups -OCH3 is 1. The van der Waals surface area contributed by atoms with E-state index >= 15 is 0 Å². The Hall–Kier alpha value is -1.28. The smallest absolute Gasteiger partial charge is 0.121 e. The van der Waals surface area contributed by atoms with Gasteiger partial charge in [0, 0.05) is 6.04 Å². The molecule has 1 unspecified atom stereocenters. The molecule has 0 aliphatic rings. The summed E-state index contributed by atoms with van der Waals surface area (Å²) in [6.45, 7) is 9.53. The molecule has 0 aliphatic heterocycles. The largest absolute Gasteiger partial charge is 0.496 e. The fraction of sp³-hybridized carbons (Fsp3) is 0.467. The average molecular weight is 233 g/mol. The number of hydrogen-bond donors (Lipinski definition) is 1. The second-order valence-corrected chi connectivity index (χ2v) is 4.40. The zero-order valence-electron chi connectivity index (χ0n) is 11.5. The number of rotatable bonds is 5. The third-order valence-electron chi connectivity index (χ3n) is 3.01. The van der Waals surface area contributed by atoms with Gasteiger partial charge in [-0.05, 0) is 50.6 Å². The number of ether oxygens (including phenoxy) is 1. The first-order valence-corrected chi connectivity index (χ1v) is 6.14. The Morgan fingerprint density at radius 3 is 2.71 bits per heavy atom. The summed E-state index contributed by atoms with van der Waals surface area (Å²) in [5, 5.41) is 3.41. The molecular weight excluding hydrogens is 210 g/mol. The van der Waals surface area contributed by atoms with Crippen LogP contribution in [0.5, 0.6) is 5.75 Å². The summed E-state index contributed by atoms with van der Waals surface area (Å²) < 4.78 is 5.26. The molecule has 1 rings (SSSR count). The molecule has 0 heterocycles. The molecule has 17 heavy (non-hydrogen) atoms. The van der Waals surface area contributed by atoms with E-state index in [1.165, 1.54) is 16.7 Å². The molecular formula is C15H23NO. The summed E-state index contributed by atoms with van der Waals surface area (Å²) in [6.07, 6.45) is 2.22. The van der Waals surface area contributed by atoms with Crippen LogP contribution in [0, 0.1) is 6.92 Å². The highest BCUT2D eigenvalue weighted by Gasteiger charge is 2.03. The number of hydrogen-bond acceptors (Lipinski definition) is 2. The molecule has 1 N–H and O–H groups in total. The molecule has 0 aromatic heterocycles. The van der Waals surface area contributed by atoms with E-state index in [1.54, 1.807) is 7.11 Å². The Morgan fingerprint density at radius 2 is 2.18 bits per heavy atom. The van der Waals surface area contributed by atoms with Gasteiger partial charge in [0.15, 0.2) is 0 Å². The number of aryl methyl sites for hydroxylation is 1. The fourth-order valence-corrected chi connectivity index (χ4v) is 1.85. The van der Waals surface area contributed by atoms with Crippen LogP contribution in [0.1, 0.15) is 31.9 Å². The third kappa shape index (κ3) is 3.90. The van der Waals surface area contributed by atoms with Crippen LogP contribution < -0.4 is 10.1 Å². The van der Waals surface area contributed by atoms with Gasteiger partial charge in [-0.1, -0.05) is 24.6 Å². The van der Waals surface area contributed by atoms with Crippen LogP contribution in [0.15, 0.2) is 23.8 Å². The first-order valence-electron chi connectivity index (χ1n) is 6.14. The van der Waals surface area contributed by atoms with E-state index < -0.39 is 0 Å². The van der Waals surface area contributed by atoms with Crippen LogP contribution in [-0.2, 0) is 0 Å². The van der Waals surface area contributed by atoms with Gasteiger partial charge in [-0.3, -0.25) is 0 Å². The van der Waals surface area contributed by atoms with E-state index in [9.17, 15) is 0 Å². The minimum absolute atomic E-state index is 0.419. The van der Waals surface area contributed by atoms with Crippen LogP contribution in [0.3, 0.4) is 0 Å². The van der Waals surface area contributed by atoms with E-state index in [1.807, 2.05) is 6.07 Å². The van der Waals surface area contributed by atoms with Gasteiger partial charge in [0.1, 0.15) is 5.75 Å². The first-order chi connectivity index (χ1) is 8.08. The van der Waals surface area contributed by atoms with Crippen molar-refractivity contribution in [3.63, 3.8) is 0 Å². The summed E-state index contributed by atoms with van der Waals surface area (Å²) in [7, 11) is 1.70. The van der Waals surface area contributed by atoms with E-state index in [0.29, 0.717) is 6.04 Å². The maximum atomic E-state index is 5.26. The van der Waals surface area contributed by atoms with Crippen molar-refractivity contribution in [2.45, 2.75) is 33.7 Å². The van der Waals surface area contributed by atoms with Crippen molar-refractivity contribution in [2.24, 2.45) is 0 Å². The molecule has 0 amide bonds. The van der Waals surface area contributed by atoms with Crippen LogP contribution in [-0.4, -0.2) is 19.7 Å². The monoisotopic (exact) mass is 233 g/mol. The van der Waals surface area contributed by atoms with Crippen LogP contribution in [0.25, 0.3) is 6.08 Å². The molecule has 0 fully saturated rings. The molecule has 0 spiro atoms. The maximum absolute atomic E-state index is 5.26. The van der Waals surface area contributed by atoms with Crippen LogP contribution >= 0.6 is 0 Å². The van der Waals surface area contributed by atoms with E-state index in [-0.39, 0.29) is 0 Å². The third-order valence-corrected chi connectivity index (χ3v) is 3.01. The van der Waals surface area contributed by atoms with Crippen molar-refractivity contribution in [3.8, 4) is 5.75 Å². The van der Waals surface area contributed by atoms with Gasteiger partial charge < -0.3 is 10.1 Å². The molecule has 2 nitrogen and oxygen atoms in total. The molecule has 1 aromatic carbocycles. The van der Waals surface area contributed by atoms with E-state index in [0.717, 1.165) is 12.3 Å². The maximum Gasteiger partial charge on any atom is 0.121 e. The Morgan fingerprint density at radius 1 is 1.47 bits per heavy atom. The second kappa shape index (κ2) is 6.45. The minimum Gasteiger partial charge on any atom is -0.496 e. The highest BCUT2D eigenvalue weighted by Crippen LogP contribution is 2.20. The Kier molecular flexibility index (Phi) is 5.23. The number of likely N-dealkylation sites (N-methyl/N-ethyl adjacent to an activating group) is 1. The molecule has 1 aromatic rings. The van der Waals surface area contributed by atoms with Gasteiger partial charge in [-0.25, -0.2) is 0 Å². The summed E-state index contributed by atoms with van der Waals surface area (Å²) in [5.74, 6) is 0.944. The Balaban J connectivity index is 2.87. The van der Waals surface area contributed by atoms with Crippen molar-refractivity contribution in [3.05, 3.63) is 34.9 Å². The van der Waals surface area contributed by atoms with Crippen molar-refractivity contribution in [1.29, 1.82) is 0 Å². The second-order valence-electron chi connectivity index (χ2n) is 4.40. The predicted molar refractivity (Wildman–Crippen MR) is 74.5 cm³/mol. The van der Waals surface area contributed by atoms with Crippen molar-refractivity contribution < 1.29 is 4.74 Å². The molecule has 0 saturated carbocycles. The van der Waals surface area contributed by atoms with E-state index in [2.05, 4.69) is 51.2 Å². The highest BCUT2D eigenvalue weighted by molar-refractivity contribution is 5.56. The standard InChI is InChI=1S/C15H23NO/c1-6-16-13(4)11(2)9-14-7-8-15(17-5)12(3)10-14/h7-10,13,16H,6H2,1-5H3/b11-9+. The zero-order chi connectivity index (χ0) is 12.8. The summed E-state index contributed by atoms with van der Waals surface area (Å²) >= 11 is 0. The first kappa shape index (κ1) is 13.8. The summed E-state index contributed by atoms with van der Waals surface area (Å²) in [6, 6.07) is 6.68. The minimum atomic E-state index is 0.419. The van der Waals surface area contributed by atoms with Gasteiger partial charge in [-0.2, -0.15) is 0 Å². The molecule has 0 radical (unpaired) electrons. The normalized spacial score (nSPS) is 13.6. The van der Waals surface area contributed by atoms with Gasteiger partial charge in [0.2, 0.25) is 0 Å². The molecule has 0 aliphatic carbocycles. The summed E-state index contributed by atoms with van der Waals surface area (Å²) in [4.78, 5) is 0. The molecule has 1 atom stereocenters. The SMILES string of the molecule is CCNC(C)/C(C)=C/c1ccc(OC)c(C)c1. The molecule has 94 valence electrons. The highest BCUT2D eigenvalue weighted by atomic mass is 16.5. The Labute approximate surface area is 105 Å². The lowest BCUT2D eigenvalue weighted by Crippen LogP contribution is -2.26.